The van der Waals surface area contributed by atoms with Crippen molar-refractivity contribution in [3.05, 3.63) is 39.5 Å². The van der Waals surface area contributed by atoms with Crippen LogP contribution < -0.4 is 0 Å². The third-order valence-electron chi connectivity index (χ3n) is 4.54. The summed E-state index contributed by atoms with van der Waals surface area (Å²) in [5, 5.41) is 0. The summed E-state index contributed by atoms with van der Waals surface area (Å²) >= 11 is 0. The van der Waals surface area contributed by atoms with Gasteiger partial charge in [0.15, 0.2) is 0 Å². The van der Waals surface area contributed by atoms with Gasteiger partial charge >= 0.3 is 0 Å². The van der Waals surface area contributed by atoms with Crippen molar-refractivity contribution >= 4 is 32.3 Å². The maximum Gasteiger partial charge on any atom is 0.0226 e. The predicted molar refractivity (Wildman–Crippen MR) is 148 cm³/mol. The molecule has 0 fully saturated rings. The van der Waals surface area contributed by atoms with Crippen LogP contribution >= 0.6 is 0 Å². The van der Waals surface area contributed by atoms with Crippen LogP contribution in [-0.4, -0.2) is 32.3 Å². The van der Waals surface area contributed by atoms with Crippen LogP contribution in [-0.2, 0) is 0 Å². The Hall–Kier alpha value is 1.72. The van der Waals surface area contributed by atoms with Gasteiger partial charge in [0.05, 0.1) is 0 Å². The second-order valence-corrected chi connectivity index (χ2v) is 34.1. The van der Waals surface area contributed by atoms with Gasteiger partial charge in [-0.05, 0) is 38.8 Å². The van der Waals surface area contributed by atoms with E-state index in [0.717, 1.165) is 0 Å². The van der Waals surface area contributed by atoms with Gasteiger partial charge in [0.1, 0.15) is 0 Å². The molecule has 1 aliphatic rings. The Morgan fingerprint density at radius 2 is 0.552 bits per heavy atom. The van der Waals surface area contributed by atoms with Crippen LogP contribution in [0.15, 0.2) is 22.3 Å². The Balaban J connectivity index is -0.000000345. The van der Waals surface area contributed by atoms with Crippen molar-refractivity contribution in [2.24, 2.45) is 0 Å². The van der Waals surface area contributed by atoms with Gasteiger partial charge in [-0.25, -0.2) is 0 Å². The Bertz CT molecular complexity index is 473. The van der Waals surface area contributed by atoms with Crippen molar-refractivity contribution in [2.75, 3.05) is 0 Å². The average Bonchev–Trinajstić information content (AvgIpc) is 2.50. The van der Waals surface area contributed by atoms with Gasteiger partial charge in [0.2, 0.25) is 0 Å². The smallest absolute Gasteiger partial charge is 0.0226 e. The third-order valence-corrected chi connectivity index (χ3v) is 18.4. The molecule has 0 nitrogen and oxygen atoms in total. The van der Waals surface area contributed by atoms with Crippen LogP contribution in [0.3, 0.4) is 0 Å². The van der Waals surface area contributed by atoms with Gasteiger partial charge < -0.3 is 11.3 Å². The van der Waals surface area contributed by atoms with E-state index in [1.807, 2.05) is 0 Å². The van der Waals surface area contributed by atoms with E-state index in [4.69, 9.17) is 0 Å². The van der Waals surface area contributed by atoms with Gasteiger partial charge in [-0.15, -0.1) is 32.3 Å². The first-order valence-corrected chi connectivity index (χ1v) is 25.2. The first kappa shape index (κ1) is 35.3. The van der Waals surface area contributed by atoms with Gasteiger partial charge in [-0.2, -0.15) is 0 Å². The molecule has 1 aliphatic carbocycles. The topological polar surface area (TPSA) is 0 Å². The molecule has 0 aliphatic heterocycles. The summed E-state index contributed by atoms with van der Waals surface area (Å²) in [6.07, 6.45) is 0. The van der Waals surface area contributed by atoms with Gasteiger partial charge in [0, 0.05) is 47.7 Å². The molecule has 0 atom stereocenters. The second-order valence-electron chi connectivity index (χ2n) is 12.9. The van der Waals surface area contributed by atoms with E-state index in [1.165, 1.54) is 28.2 Å². The van der Waals surface area contributed by atoms with Gasteiger partial charge in [0.25, 0.3) is 0 Å². The van der Waals surface area contributed by atoms with Gasteiger partial charge in [-0.1, -0.05) is 96.6 Å². The molecule has 5 heteroatoms. The molecule has 0 aromatic carbocycles. The van der Waals surface area contributed by atoms with E-state index >= 15 is 0 Å². The minimum Gasteiger partial charge on any atom is -0.327 e. The predicted octanol–water partition coefficient (Wildman–Crippen LogP) is 9.16. The molecule has 29 heavy (non-hydrogen) atoms. The Morgan fingerprint density at radius 3 is 0.586 bits per heavy atom. The fourth-order valence-corrected chi connectivity index (χ4v) is 24.8. The molecule has 0 saturated carbocycles. The number of hydrogen-bond donors (Lipinski definition) is 0. The maximum atomic E-state index is 2.65. The molecule has 0 N–H and O–H groups in total. The zero-order chi connectivity index (χ0) is 23.3. The van der Waals surface area contributed by atoms with Crippen LogP contribution in [0.2, 0.25) is 78.6 Å². The van der Waals surface area contributed by atoms with Crippen LogP contribution in [0, 0.1) is 59.0 Å². The SMILES string of the molecule is C[C]1C(C)=C(C)C(C)=C1C.C[Si](C)(C)[CH-][Si](C)(C)C.C[Si](C)(C)[CH-][Si](C)(C)C.[Ce]. The van der Waals surface area contributed by atoms with E-state index in [-0.39, 0.29) is 41.7 Å². The van der Waals surface area contributed by atoms with E-state index in [0.29, 0.717) is 0 Å². The molecule has 0 spiro atoms. The molecule has 0 amide bonds. The van der Waals surface area contributed by atoms with Crippen LogP contribution in [0.5, 0.6) is 0 Å². The fraction of sp³-hybridized carbons (Fsp3) is 0.708. The van der Waals surface area contributed by atoms with Crippen molar-refractivity contribution in [3.63, 3.8) is 0 Å². The van der Waals surface area contributed by atoms with Crippen molar-refractivity contribution in [3.8, 4) is 0 Å². The van der Waals surface area contributed by atoms with Crippen LogP contribution in [0.25, 0.3) is 0 Å². The summed E-state index contributed by atoms with van der Waals surface area (Å²) < 4.78 is 0. The van der Waals surface area contributed by atoms with Crippen LogP contribution in [0.1, 0.15) is 34.6 Å². The van der Waals surface area contributed by atoms with Gasteiger partial charge in [-0.3, -0.25) is 0 Å². The summed E-state index contributed by atoms with van der Waals surface area (Å²) in [4.78, 5) is 0. The zero-order valence-electron chi connectivity index (χ0n) is 23.2. The summed E-state index contributed by atoms with van der Waals surface area (Å²) in [5.74, 6) is 1.47. The fourth-order valence-electron chi connectivity index (χ4n) is 4.00. The van der Waals surface area contributed by atoms with E-state index in [2.05, 4.69) is 125 Å². The van der Waals surface area contributed by atoms with E-state index in [1.54, 1.807) is 0 Å². The molecule has 0 saturated heterocycles. The van der Waals surface area contributed by atoms with Crippen molar-refractivity contribution < 1.29 is 41.7 Å². The van der Waals surface area contributed by atoms with E-state index in [9.17, 15) is 0 Å². The molecule has 171 valence electrons. The minimum absolute atomic E-state index is 0. The summed E-state index contributed by atoms with van der Waals surface area (Å²) in [6.45, 7) is 39.9. The molecule has 0 heterocycles. The van der Waals surface area contributed by atoms with Crippen LogP contribution in [0.4, 0.5) is 0 Å². The van der Waals surface area contributed by atoms with Crippen molar-refractivity contribution in [1.82, 2.24) is 0 Å². The monoisotopic (exact) mass is 593 g/mol. The Kier molecular flexibility index (Phi) is 16.4. The molecule has 1 rings (SSSR count). The average molecular weight is 594 g/mol. The molecule has 0 bridgehead atoms. The standard InChI is InChI=1S/C10H15.2C7H19Si2.Ce/c1-6-7(2)9(4)10(5)8(6)3;2*1-8(2,3)7-9(4,5)6;/h1-5H3;2*7H,1-6H3;/q;2*-1;. The van der Waals surface area contributed by atoms with Crippen molar-refractivity contribution in [1.29, 1.82) is 0 Å². The van der Waals surface area contributed by atoms with E-state index < -0.39 is 32.3 Å². The largest absolute Gasteiger partial charge is 0.327 e. The molecule has 0 aromatic rings. The third kappa shape index (κ3) is 20.1. The molecule has 1 radical (unpaired) electrons. The summed E-state index contributed by atoms with van der Waals surface area (Å²) in [5.41, 5.74) is 11.2. The quantitative estimate of drug-likeness (QED) is 0.225. The number of allylic oxidation sites excluding steroid dienone is 4. The Morgan fingerprint density at radius 1 is 0.379 bits per heavy atom. The second kappa shape index (κ2) is 13.4. The normalized spacial score (nSPS) is 16.0. The Labute approximate surface area is 224 Å². The molecule has 0 unspecified atom stereocenters. The summed E-state index contributed by atoms with van der Waals surface area (Å²) in [6, 6.07) is 0. The molecular formula is C24H53CeSi4-2. The first-order chi connectivity index (χ1) is 12.0. The first-order valence-electron chi connectivity index (χ1n) is 10.9. The zero-order valence-corrected chi connectivity index (χ0v) is 30.3. The molecule has 0 aromatic heterocycles. The number of rotatable bonds is 4. The summed E-state index contributed by atoms with van der Waals surface area (Å²) in [7, 11) is -3.42. The maximum absolute atomic E-state index is 2.65. The minimum atomic E-state index is -0.856. The van der Waals surface area contributed by atoms with Crippen molar-refractivity contribution in [2.45, 2.75) is 113 Å². The number of hydrogen-bond acceptors (Lipinski definition) is 0. The molecular weight excluding hydrogens is 541 g/mol.